The molecule has 0 amide bonds. The quantitative estimate of drug-likeness (QED) is 0.175. The van der Waals surface area contributed by atoms with Gasteiger partial charge in [0.05, 0.1) is 11.0 Å². The van der Waals surface area contributed by atoms with E-state index in [0.717, 1.165) is 66.6 Å². The van der Waals surface area contributed by atoms with Crippen LogP contribution in [0.5, 0.6) is 5.75 Å². The van der Waals surface area contributed by atoms with Gasteiger partial charge in [-0.3, -0.25) is 9.55 Å². The number of furan rings is 1. The van der Waals surface area contributed by atoms with Crippen molar-refractivity contribution in [1.82, 2.24) is 14.5 Å². The molecule has 0 radical (unpaired) electrons. The normalized spacial score (nSPS) is 11.7. The number of para-hydroxylation sites is 3. The molecule has 9 rings (SSSR count). The Balaban J connectivity index is 0.00000387. The Labute approximate surface area is 316 Å². The molecule has 0 bridgehead atoms. The fourth-order valence-corrected chi connectivity index (χ4v) is 6.99. The number of nitrogens with zero attached hydrogens (tertiary/aromatic N) is 3. The van der Waals surface area contributed by atoms with Gasteiger partial charge in [-0.05, 0) is 59.0 Å². The number of imidazole rings is 1. The molecule has 0 fully saturated rings. The first-order chi connectivity index (χ1) is 24.8. The number of phenolic OH excluding ortho intramolecular Hbond substituents is 1. The molecule has 9 aromatic rings. The van der Waals surface area contributed by atoms with Gasteiger partial charge in [-0.25, -0.2) is 4.98 Å². The van der Waals surface area contributed by atoms with Gasteiger partial charge in [0.15, 0.2) is 5.82 Å². The van der Waals surface area contributed by atoms with Crippen molar-refractivity contribution in [3.05, 3.63) is 157 Å². The first-order valence-corrected chi connectivity index (χ1v) is 17.1. The molecule has 0 atom stereocenters. The van der Waals surface area contributed by atoms with Crippen LogP contribution >= 0.6 is 0 Å². The summed E-state index contributed by atoms with van der Waals surface area (Å²) in [5.41, 5.74) is 11.4. The van der Waals surface area contributed by atoms with Crippen molar-refractivity contribution >= 4 is 33.0 Å². The van der Waals surface area contributed by atoms with E-state index in [1.165, 1.54) is 5.56 Å². The van der Waals surface area contributed by atoms with Crippen molar-refractivity contribution < 1.29 is 30.6 Å². The van der Waals surface area contributed by atoms with Gasteiger partial charge in [-0.2, -0.15) is 0 Å². The average Bonchev–Trinajstić information content (AvgIpc) is 3.73. The molecule has 0 aliphatic carbocycles. The zero-order valence-corrected chi connectivity index (χ0v) is 31.1. The summed E-state index contributed by atoms with van der Waals surface area (Å²) in [5.74, 6) is 0.693. The van der Waals surface area contributed by atoms with Gasteiger partial charge in [0.1, 0.15) is 22.5 Å². The van der Waals surface area contributed by atoms with Gasteiger partial charge in [0.2, 0.25) is 0 Å². The summed E-state index contributed by atoms with van der Waals surface area (Å²) >= 11 is 0. The van der Waals surface area contributed by atoms with Crippen LogP contribution in [0.25, 0.3) is 83.6 Å². The molecule has 0 unspecified atom stereocenters. The molecule has 0 aliphatic heterocycles. The summed E-state index contributed by atoms with van der Waals surface area (Å²) in [6, 6.07) is 50.7. The minimum Gasteiger partial charge on any atom is -0.507 e. The Morgan fingerprint density at radius 1 is 0.692 bits per heavy atom. The van der Waals surface area contributed by atoms with Crippen LogP contribution < -0.4 is 0 Å². The fourth-order valence-electron chi connectivity index (χ4n) is 6.99. The van der Waals surface area contributed by atoms with Crippen molar-refractivity contribution in [2.45, 2.75) is 26.2 Å². The summed E-state index contributed by atoms with van der Waals surface area (Å²) in [4.78, 5) is 10.2. The molecule has 52 heavy (non-hydrogen) atoms. The third-order valence-corrected chi connectivity index (χ3v) is 9.62. The Morgan fingerprint density at radius 2 is 1.42 bits per heavy atom. The van der Waals surface area contributed by atoms with Crippen LogP contribution in [-0.4, -0.2) is 19.6 Å². The second-order valence-electron chi connectivity index (χ2n) is 14.0. The second-order valence-corrected chi connectivity index (χ2v) is 14.0. The molecule has 0 saturated carbocycles. The number of rotatable bonds is 5. The van der Waals surface area contributed by atoms with E-state index in [2.05, 4.69) is 104 Å². The largest absolute Gasteiger partial charge is 0.507 e. The third-order valence-electron chi connectivity index (χ3n) is 9.62. The first-order valence-electron chi connectivity index (χ1n) is 17.1. The summed E-state index contributed by atoms with van der Waals surface area (Å²) in [6.45, 7) is 6.68. The van der Waals surface area contributed by atoms with Gasteiger partial charge < -0.3 is 9.52 Å². The fraction of sp³-hybridized carbons (Fsp3) is 0.0870. The van der Waals surface area contributed by atoms with Crippen LogP contribution in [0, 0.1) is 6.07 Å². The maximum Gasteiger partial charge on any atom is 0.152 e. The van der Waals surface area contributed by atoms with Gasteiger partial charge in [0, 0.05) is 49.4 Å². The summed E-state index contributed by atoms with van der Waals surface area (Å²) in [7, 11) is 0. The van der Waals surface area contributed by atoms with Crippen LogP contribution in [-0.2, 0) is 26.5 Å². The zero-order chi connectivity index (χ0) is 34.7. The average molecular weight is 856 g/mol. The molecule has 256 valence electrons. The molecular weight excluding hydrogens is 822 g/mol. The van der Waals surface area contributed by atoms with Gasteiger partial charge in [-0.15, -0.1) is 29.3 Å². The number of pyridine rings is 1. The molecule has 0 aliphatic rings. The summed E-state index contributed by atoms with van der Waals surface area (Å²) in [6.07, 6.45) is 1.87. The maximum absolute atomic E-state index is 11.5. The Morgan fingerprint density at radius 3 is 2.21 bits per heavy atom. The molecule has 3 heterocycles. The third kappa shape index (κ3) is 5.72. The summed E-state index contributed by atoms with van der Waals surface area (Å²) < 4.78 is 8.56. The standard InChI is InChI=1S/C46H34N3O2.Pt/c1-46(2,3)33-26-31(25-32(27-33)38-28-30(23-24-47-38)29-13-6-4-7-14-29)35-18-12-19-39-43(35)48-45(49(39)34-15-8-5-9-16-34)42-40(50)22-21-37-36-17-10-11-20-41(36)51-44(37)42;/h4-24,26-28,50H,1-3H3;/q-1;. The van der Waals surface area contributed by atoms with Crippen LogP contribution in [0.15, 0.2) is 150 Å². The van der Waals surface area contributed by atoms with Crippen LogP contribution in [0.1, 0.15) is 26.3 Å². The van der Waals surface area contributed by atoms with E-state index < -0.39 is 0 Å². The topological polar surface area (TPSA) is 64.1 Å². The number of aromatic nitrogens is 3. The van der Waals surface area contributed by atoms with Crippen LogP contribution in [0.3, 0.4) is 0 Å². The molecule has 0 spiro atoms. The predicted octanol–water partition coefficient (Wildman–Crippen LogP) is 11.8. The Bertz CT molecular complexity index is 2740. The Kier molecular flexibility index (Phi) is 8.40. The van der Waals surface area contributed by atoms with Crippen molar-refractivity contribution in [1.29, 1.82) is 0 Å². The van der Waals surface area contributed by atoms with Crippen LogP contribution in [0.2, 0.25) is 0 Å². The van der Waals surface area contributed by atoms with Gasteiger partial charge >= 0.3 is 0 Å². The van der Waals surface area contributed by atoms with Crippen molar-refractivity contribution in [3.8, 4) is 56.3 Å². The minimum absolute atomic E-state index is 0. The number of hydrogen-bond donors (Lipinski definition) is 1. The van der Waals surface area contributed by atoms with Gasteiger partial charge in [-0.1, -0.05) is 117 Å². The van der Waals surface area contributed by atoms with E-state index in [1.807, 2.05) is 66.9 Å². The van der Waals surface area contributed by atoms with E-state index >= 15 is 0 Å². The van der Waals surface area contributed by atoms with Crippen molar-refractivity contribution in [3.63, 3.8) is 0 Å². The smallest absolute Gasteiger partial charge is 0.152 e. The molecule has 6 aromatic carbocycles. The maximum atomic E-state index is 11.5. The molecule has 3 aromatic heterocycles. The minimum atomic E-state index is -0.138. The van der Waals surface area contributed by atoms with E-state index in [1.54, 1.807) is 6.07 Å². The van der Waals surface area contributed by atoms with Crippen molar-refractivity contribution in [2.75, 3.05) is 0 Å². The molecule has 0 saturated heterocycles. The Hall–Kier alpha value is -5.77. The van der Waals surface area contributed by atoms with E-state index in [9.17, 15) is 5.11 Å². The van der Waals surface area contributed by atoms with E-state index in [0.29, 0.717) is 17.0 Å². The molecular formula is C46H34N3O2Pt-. The molecule has 1 N–H and O–H groups in total. The SMILES string of the molecule is CC(C)(C)c1cc(-c2cc(-c3ccccc3)ccn2)[c-]c(-c2cccc3c2nc(-c2c(O)ccc4c2oc2ccccc24)n3-c2ccccc2)c1.[Pt]. The number of fused-ring (bicyclic) bond motifs is 4. The number of benzene rings is 6. The van der Waals surface area contributed by atoms with E-state index in [-0.39, 0.29) is 32.2 Å². The summed E-state index contributed by atoms with van der Waals surface area (Å²) in [5, 5.41) is 13.4. The van der Waals surface area contributed by atoms with Crippen molar-refractivity contribution in [2.24, 2.45) is 0 Å². The number of hydrogen-bond acceptors (Lipinski definition) is 4. The predicted molar refractivity (Wildman–Crippen MR) is 207 cm³/mol. The first kappa shape index (κ1) is 33.4. The van der Waals surface area contributed by atoms with Crippen LogP contribution in [0.4, 0.5) is 0 Å². The van der Waals surface area contributed by atoms with E-state index in [4.69, 9.17) is 14.4 Å². The number of phenols is 1. The molecule has 5 nitrogen and oxygen atoms in total. The molecule has 6 heteroatoms. The number of aromatic hydroxyl groups is 1. The second kappa shape index (κ2) is 13.1. The zero-order valence-electron chi connectivity index (χ0n) is 28.9. The van der Waals surface area contributed by atoms with Gasteiger partial charge in [0.25, 0.3) is 0 Å². The monoisotopic (exact) mass is 855 g/mol.